The first kappa shape index (κ1) is 15.0. The third-order valence-electron chi connectivity index (χ3n) is 3.25. The number of rotatable bonds is 8. The topological polar surface area (TPSA) is 58.2 Å². The van der Waals surface area contributed by atoms with Gasteiger partial charge in [0.25, 0.3) is 0 Å². The fourth-order valence-corrected chi connectivity index (χ4v) is 3.93. The van der Waals surface area contributed by atoms with Crippen molar-refractivity contribution in [1.29, 1.82) is 0 Å². The maximum atomic E-state index is 12.2. The van der Waals surface area contributed by atoms with Gasteiger partial charge in [0, 0.05) is 23.5 Å². The van der Waals surface area contributed by atoms with Crippen LogP contribution in [0.15, 0.2) is 17.5 Å². The molecule has 1 aromatic rings. The Morgan fingerprint density at radius 2 is 2.16 bits per heavy atom. The van der Waals surface area contributed by atoms with E-state index in [0.717, 1.165) is 6.42 Å². The second-order valence-corrected chi connectivity index (χ2v) is 8.50. The summed E-state index contributed by atoms with van der Waals surface area (Å²) in [5.74, 6) is 0. The van der Waals surface area contributed by atoms with Crippen LogP contribution in [-0.2, 0) is 16.4 Å². The van der Waals surface area contributed by atoms with Gasteiger partial charge < -0.3 is 5.32 Å². The van der Waals surface area contributed by atoms with Crippen LogP contribution in [-0.4, -0.2) is 32.3 Å². The monoisotopic (exact) mass is 302 g/mol. The lowest BCUT2D eigenvalue weighted by atomic mass is 10.2. The highest BCUT2D eigenvalue weighted by molar-refractivity contribution is 7.90. The summed E-state index contributed by atoms with van der Waals surface area (Å²) >= 11 is 1.66. The molecule has 1 aliphatic rings. The van der Waals surface area contributed by atoms with Gasteiger partial charge in [-0.1, -0.05) is 6.07 Å². The first-order chi connectivity index (χ1) is 8.97. The molecular formula is C13H22N2O2S2. The molecule has 1 heterocycles. The molecular weight excluding hydrogens is 280 g/mol. The van der Waals surface area contributed by atoms with E-state index >= 15 is 0 Å². The van der Waals surface area contributed by atoms with E-state index in [1.807, 2.05) is 24.4 Å². The average Bonchev–Trinajstić information content (AvgIpc) is 3.02. The van der Waals surface area contributed by atoms with Crippen LogP contribution >= 0.6 is 11.3 Å². The van der Waals surface area contributed by atoms with Crippen molar-refractivity contribution in [2.24, 2.45) is 0 Å². The molecule has 0 aliphatic heterocycles. The van der Waals surface area contributed by atoms with Crippen LogP contribution < -0.4 is 10.0 Å². The van der Waals surface area contributed by atoms with Gasteiger partial charge in [0.05, 0.1) is 5.25 Å². The smallest absolute Gasteiger partial charge is 0.215 e. The van der Waals surface area contributed by atoms with Gasteiger partial charge in [-0.25, -0.2) is 13.1 Å². The van der Waals surface area contributed by atoms with E-state index in [-0.39, 0.29) is 11.3 Å². The Bertz CT molecular complexity index is 481. The number of hydrogen-bond acceptors (Lipinski definition) is 4. The van der Waals surface area contributed by atoms with Crippen molar-refractivity contribution in [3.05, 3.63) is 22.4 Å². The molecule has 0 bridgehead atoms. The fraction of sp³-hybridized carbons (Fsp3) is 0.692. The van der Waals surface area contributed by atoms with E-state index in [1.165, 1.54) is 17.7 Å². The van der Waals surface area contributed by atoms with E-state index in [4.69, 9.17) is 0 Å². The van der Waals surface area contributed by atoms with Crippen molar-refractivity contribution >= 4 is 21.4 Å². The highest BCUT2D eigenvalue weighted by Crippen LogP contribution is 2.18. The molecule has 2 N–H and O–H groups in total. The van der Waals surface area contributed by atoms with Crippen molar-refractivity contribution in [2.75, 3.05) is 6.54 Å². The first-order valence-electron chi connectivity index (χ1n) is 6.74. The highest BCUT2D eigenvalue weighted by atomic mass is 32.2. The normalized spacial score (nSPS) is 19.3. The molecule has 2 atom stereocenters. The Labute approximate surface area is 119 Å². The van der Waals surface area contributed by atoms with Crippen LogP contribution in [0.2, 0.25) is 0 Å². The summed E-state index contributed by atoms with van der Waals surface area (Å²) in [6, 6.07) is 4.50. The fourth-order valence-electron chi connectivity index (χ4n) is 1.90. The minimum absolute atomic E-state index is 0.0629. The predicted octanol–water partition coefficient (Wildman–Crippen LogP) is 1.74. The highest BCUT2D eigenvalue weighted by Gasteiger charge is 2.26. The molecule has 1 fully saturated rings. The Kier molecular flexibility index (Phi) is 5.00. The van der Waals surface area contributed by atoms with Crippen molar-refractivity contribution in [3.63, 3.8) is 0 Å². The van der Waals surface area contributed by atoms with Crippen molar-refractivity contribution in [3.8, 4) is 0 Å². The summed E-state index contributed by atoms with van der Waals surface area (Å²) in [6.07, 6.45) is 3.10. The molecule has 108 valence electrons. The van der Waals surface area contributed by atoms with Gasteiger partial charge in [-0.3, -0.25) is 0 Å². The molecule has 2 unspecified atom stereocenters. The molecule has 0 radical (unpaired) electrons. The van der Waals surface area contributed by atoms with Crippen LogP contribution in [0.4, 0.5) is 0 Å². The zero-order chi connectivity index (χ0) is 13.9. The van der Waals surface area contributed by atoms with Gasteiger partial charge in [-0.15, -0.1) is 11.3 Å². The minimum Gasteiger partial charge on any atom is -0.313 e. The standard InChI is InChI=1S/C13H22N2O2S2/c1-10(8-13-4-3-7-18-13)15-19(16,17)11(2)9-14-12-5-6-12/h3-4,7,10-12,14-15H,5-6,8-9H2,1-2H3. The molecule has 4 nitrogen and oxygen atoms in total. The van der Waals surface area contributed by atoms with Gasteiger partial charge in [-0.05, 0) is 44.6 Å². The minimum atomic E-state index is -3.24. The van der Waals surface area contributed by atoms with Gasteiger partial charge in [0.1, 0.15) is 0 Å². The maximum Gasteiger partial charge on any atom is 0.215 e. The lowest BCUT2D eigenvalue weighted by Crippen LogP contribution is -2.43. The maximum absolute atomic E-state index is 12.2. The Balaban J connectivity index is 1.80. The number of hydrogen-bond donors (Lipinski definition) is 2. The van der Waals surface area contributed by atoms with Gasteiger partial charge in [-0.2, -0.15) is 0 Å². The second kappa shape index (κ2) is 6.35. The summed E-state index contributed by atoms with van der Waals surface area (Å²) < 4.78 is 27.1. The van der Waals surface area contributed by atoms with E-state index < -0.39 is 10.0 Å². The average molecular weight is 302 g/mol. The Morgan fingerprint density at radius 1 is 1.42 bits per heavy atom. The van der Waals surface area contributed by atoms with Crippen LogP contribution in [0.5, 0.6) is 0 Å². The molecule has 0 saturated heterocycles. The number of thiophene rings is 1. The van der Waals surface area contributed by atoms with E-state index in [9.17, 15) is 8.42 Å². The predicted molar refractivity (Wildman–Crippen MR) is 80.0 cm³/mol. The molecule has 0 spiro atoms. The van der Waals surface area contributed by atoms with Crippen LogP contribution in [0.1, 0.15) is 31.6 Å². The summed E-state index contributed by atoms with van der Waals surface area (Å²) in [5.41, 5.74) is 0. The summed E-state index contributed by atoms with van der Waals surface area (Å²) in [4.78, 5) is 1.21. The first-order valence-corrected chi connectivity index (χ1v) is 9.17. The Hall–Kier alpha value is -0.430. The number of nitrogens with one attached hydrogen (secondary N) is 2. The quantitative estimate of drug-likeness (QED) is 0.769. The third-order valence-corrected chi connectivity index (χ3v) is 6.11. The summed E-state index contributed by atoms with van der Waals surface area (Å²) in [5, 5.41) is 4.89. The SMILES string of the molecule is CC(Cc1cccs1)NS(=O)(=O)C(C)CNC1CC1. The molecule has 6 heteroatoms. The molecule has 19 heavy (non-hydrogen) atoms. The second-order valence-electron chi connectivity index (χ2n) is 5.34. The van der Waals surface area contributed by atoms with E-state index in [0.29, 0.717) is 12.6 Å². The zero-order valence-electron chi connectivity index (χ0n) is 11.4. The molecule has 2 rings (SSSR count). The molecule has 1 saturated carbocycles. The lowest BCUT2D eigenvalue weighted by molar-refractivity contribution is 0.540. The molecule has 0 aromatic carbocycles. The van der Waals surface area contributed by atoms with E-state index in [2.05, 4.69) is 10.0 Å². The van der Waals surface area contributed by atoms with E-state index in [1.54, 1.807) is 18.3 Å². The molecule has 1 aliphatic carbocycles. The van der Waals surface area contributed by atoms with Crippen molar-refractivity contribution < 1.29 is 8.42 Å². The van der Waals surface area contributed by atoms with Gasteiger partial charge in [0.2, 0.25) is 10.0 Å². The lowest BCUT2D eigenvalue weighted by Gasteiger charge is -2.18. The number of sulfonamides is 1. The zero-order valence-corrected chi connectivity index (χ0v) is 13.1. The molecule has 1 aromatic heterocycles. The van der Waals surface area contributed by atoms with Crippen LogP contribution in [0, 0.1) is 0 Å². The van der Waals surface area contributed by atoms with Gasteiger partial charge >= 0.3 is 0 Å². The van der Waals surface area contributed by atoms with Crippen molar-refractivity contribution in [1.82, 2.24) is 10.0 Å². The molecule has 0 amide bonds. The summed E-state index contributed by atoms with van der Waals surface area (Å²) in [7, 11) is -3.24. The third kappa shape index (κ3) is 4.87. The largest absolute Gasteiger partial charge is 0.313 e. The van der Waals surface area contributed by atoms with Gasteiger partial charge in [0.15, 0.2) is 0 Å². The van der Waals surface area contributed by atoms with Crippen LogP contribution in [0.3, 0.4) is 0 Å². The Morgan fingerprint density at radius 3 is 2.74 bits per heavy atom. The summed E-state index contributed by atoms with van der Waals surface area (Å²) in [6.45, 7) is 4.21. The van der Waals surface area contributed by atoms with Crippen molar-refractivity contribution in [2.45, 2.75) is 50.4 Å². The van der Waals surface area contributed by atoms with Crippen LogP contribution in [0.25, 0.3) is 0 Å².